The van der Waals surface area contributed by atoms with Crippen molar-refractivity contribution in [2.45, 2.75) is 26.9 Å². The van der Waals surface area contributed by atoms with Crippen LogP contribution in [0.1, 0.15) is 19.7 Å². The first kappa shape index (κ1) is 15.7. The van der Waals surface area contributed by atoms with Gasteiger partial charge in [0.25, 0.3) is 0 Å². The topological polar surface area (TPSA) is 65.4 Å². The fourth-order valence-electron chi connectivity index (χ4n) is 1.79. The molecule has 0 aliphatic heterocycles. The molecule has 0 aromatic carbocycles. The van der Waals surface area contributed by atoms with Gasteiger partial charge in [-0.05, 0) is 13.8 Å². The van der Waals surface area contributed by atoms with E-state index in [1.54, 1.807) is 13.3 Å². The molecule has 6 nitrogen and oxygen atoms in total. The maximum absolute atomic E-state index is 11.7. The molecular weight excluding hydrogens is 246 g/mol. The van der Waals surface area contributed by atoms with Gasteiger partial charge in [0.2, 0.25) is 0 Å². The number of carbonyl (C=O) groups excluding carboxylic acids is 1. The molecule has 0 atom stereocenters. The summed E-state index contributed by atoms with van der Waals surface area (Å²) in [5.41, 5.74) is -0.573. The molecule has 0 aliphatic carbocycles. The normalized spacial score (nSPS) is 11.6. The summed E-state index contributed by atoms with van der Waals surface area (Å²) in [5, 5.41) is 3.23. The van der Waals surface area contributed by atoms with E-state index in [1.165, 1.54) is 7.11 Å². The third-order valence-electron chi connectivity index (χ3n) is 2.87. The lowest BCUT2D eigenvalue weighted by Crippen LogP contribution is -2.32. The molecule has 0 saturated carbocycles. The van der Waals surface area contributed by atoms with Gasteiger partial charge in [-0.3, -0.25) is 4.79 Å². The summed E-state index contributed by atoms with van der Waals surface area (Å²) in [6.07, 6.45) is 3.61. The van der Waals surface area contributed by atoms with Crippen LogP contribution in [0.4, 0.5) is 0 Å². The minimum absolute atomic E-state index is 0.223. The minimum Gasteiger partial charge on any atom is -0.469 e. The number of imidazole rings is 1. The number of hydrogen-bond donors (Lipinski definition) is 1. The number of methoxy groups -OCH3 is 2. The number of rotatable bonds is 8. The largest absolute Gasteiger partial charge is 0.469 e. The number of aromatic nitrogens is 2. The summed E-state index contributed by atoms with van der Waals surface area (Å²) >= 11 is 0. The SMILES string of the molecule is COCCNCc1nccn1CC(C)(C)C(=O)OC. The van der Waals surface area contributed by atoms with Gasteiger partial charge in [0, 0.05) is 32.6 Å². The molecule has 6 heteroatoms. The van der Waals surface area contributed by atoms with Crippen molar-refractivity contribution in [1.29, 1.82) is 0 Å². The van der Waals surface area contributed by atoms with Gasteiger partial charge in [0.15, 0.2) is 0 Å². The standard InChI is InChI=1S/C13H23N3O3/c1-13(2,12(17)19-4)10-16-7-5-15-11(16)9-14-6-8-18-3/h5,7,14H,6,8-10H2,1-4H3. The van der Waals surface area contributed by atoms with Crippen LogP contribution in [0.15, 0.2) is 12.4 Å². The van der Waals surface area contributed by atoms with E-state index in [9.17, 15) is 4.79 Å². The number of carbonyl (C=O) groups is 1. The van der Waals surface area contributed by atoms with E-state index in [2.05, 4.69) is 10.3 Å². The van der Waals surface area contributed by atoms with E-state index in [4.69, 9.17) is 9.47 Å². The van der Waals surface area contributed by atoms with Gasteiger partial charge in [-0.2, -0.15) is 0 Å². The summed E-state index contributed by atoms with van der Waals surface area (Å²) in [6.45, 7) is 6.34. The zero-order valence-corrected chi connectivity index (χ0v) is 12.1. The second kappa shape index (κ2) is 7.25. The fraction of sp³-hybridized carbons (Fsp3) is 0.692. The molecule has 108 valence electrons. The van der Waals surface area contributed by atoms with Crippen LogP contribution in [0, 0.1) is 5.41 Å². The number of hydrogen-bond acceptors (Lipinski definition) is 5. The molecule has 1 aromatic rings. The van der Waals surface area contributed by atoms with Crippen molar-refractivity contribution < 1.29 is 14.3 Å². The Labute approximate surface area is 114 Å². The monoisotopic (exact) mass is 269 g/mol. The Morgan fingerprint density at radius 2 is 2.21 bits per heavy atom. The molecule has 1 rings (SSSR count). The predicted octanol–water partition coefficient (Wildman–Crippen LogP) is 0.818. The molecule has 0 aliphatic rings. The lowest BCUT2D eigenvalue weighted by Gasteiger charge is -2.23. The van der Waals surface area contributed by atoms with Gasteiger partial charge in [0.05, 0.1) is 25.7 Å². The molecular formula is C13H23N3O3. The van der Waals surface area contributed by atoms with Crippen molar-refractivity contribution >= 4 is 5.97 Å². The predicted molar refractivity (Wildman–Crippen MR) is 71.6 cm³/mol. The highest BCUT2D eigenvalue weighted by molar-refractivity contribution is 5.75. The minimum atomic E-state index is -0.573. The summed E-state index contributed by atoms with van der Waals surface area (Å²) in [5.74, 6) is 0.674. The van der Waals surface area contributed by atoms with Gasteiger partial charge in [-0.15, -0.1) is 0 Å². The average molecular weight is 269 g/mol. The smallest absolute Gasteiger partial charge is 0.313 e. The van der Waals surface area contributed by atoms with Crippen LogP contribution in [-0.2, 0) is 27.4 Å². The highest BCUT2D eigenvalue weighted by Crippen LogP contribution is 2.20. The molecule has 0 amide bonds. The number of nitrogens with zero attached hydrogens (tertiary/aromatic N) is 2. The summed E-state index contributed by atoms with van der Waals surface area (Å²) in [6, 6.07) is 0. The Hall–Kier alpha value is -1.40. The summed E-state index contributed by atoms with van der Waals surface area (Å²) in [4.78, 5) is 16.0. The first-order valence-electron chi connectivity index (χ1n) is 6.29. The zero-order chi connectivity index (χ0) is 14.3. The third kappa shape index (κ3) is 4.65. The van der Waals surface area contributed by atoms with Crippen LogP contribution >= 0.6 is 0 Å². The Bertz CT molecular complexity index is 402. The molecule has 0 bridgehead atoms. The van der Waals surface area contributed by atoms with Crippen molar-refractivity contribution in [2.75, 3.05) is 27.4 Å². The molecule has 1 heterocycles. The molecule has 0 spiro atoms. The first-order valence-corrected chi connectivity index (χ1v) is 6.29. The summed E-state index contributed by atoms with van der Waals surface area (Å²) in [7, 11) is 3.08. The van der Waals surface area contributed by atoms with Crippen LogP contribution in [-0.4, -0.2) is 42.9 Å². The van der Waals surface area contributed by atoms with E-state index in [1.807, 2.05) is 24.6 Å². The highest BCUT2D eigenvalue weighted by Gasteiger charge is 2.29. The van der Waals surface area contributed by atoms with Crippen molar-refractivity contribution in [2.24, 2.45) is 5.41 Å². The second-order valence-electron chi connectivity index (χ2n) is 5.02. The van der Waals surface area contributed by atoms with E-state index < -0.39 is 5.41 Å². The van der Waals surface area contributed by atoms with E-state index in [0.29, 0.717) is 19.7 Å². The molecule has 1 N–H and O–H groups in total. The molecule has 0 radical (unpaired) electrons. The van der Waals surface area contributed by atoms with Gasteiger partial charge in [-0.25, -0.2) is 4.98 Å². The van der Waals surface area contributed by atoms with Gasteiger partial charge in [-0.1, -0.05) is 0 Å². The van der Waals surface area contributed by atoms with Crippen LogP contribution in [0.3, 0.4) is 0 Å². The van der Waals surface area contributed by atoms with E-state index in [-0.39, 0.29) is 5.97 Å². The first-order chi connectivity index (χ1) is 9.01. The van der Waals surface area contributed by atoms with Gasteiger partial charge < -0.3 is 19.4 Å². The van der Waals surface area contributed by atoms with E-state index in [0.717, 1.165) is 12.4 Å². The van der Waals surface area contributed by atoms with Gasteiger partial charge >= 0.3 is 5.97 Å². The van der Waals surface area contributed by atoms with E-state index >= 15 is 0 Å². The fourth-order valence-corrected chi connectivity index (χ4v) is 1.79. The van der Waals surface area contributed by atoms with Gasteiger partial charge in [0.1, 0.15) is 5.82 Å². The quantitative estimate of drug-likeness (QED) is 0.559. The Morgan fingerprint density at radius 3 is 2.84 bits per heavy atom. The maximum atomic E-state index is 11.7. The third-order valence-corrected chi connectivity index (χ3v) is 2.87. The van der Waals surface area contributed by atoms with Crippen molar-refractivity contribution in [3.05, 3.63) is 18.2 Å². The van der Waals surface area contributed by atoms with Crippen molar-refractivity contribution in [1.82, 2.24) is 14.9 Å². The van der Waals surface area contributed by atoms with Crippen molar-refractivity contribution in [3.8, 4) is 0 Å². The van der Waals surface area contributed by atoms with Crippen LogP contribution in [0.5, 0.6) is 0 Å². The molecule has 0 unspecified atom stereocenters. The maximum Gasteiger partial charge on any atom is 0.313 e. The Morgan fingerprint density at radius 1 is 1.47 bits per heavy atom. The second-order valence-corrected chi connectivity index (χ2v) is 5.02. The van der Waals surface area contributed by atoms with Crippen LogP contribution < -0.4 is 5.32 Å². The number of esters is 1. The molecule has 1 aromatic heterocycles. The molecule has 0 fully saturated rings. The lowest BCUT2D eigenvalue weighted by molar-refractivity contribution is -0.151. The average Bonchev–Trinajstić information content (AvgIpc) is 2.80. The molecule has 0 saturated heterocycles. The number of ether oxygens (including phenoxy) is 2. The van der Waals surface area contributed by atoms with Crippen LogP contribution in [0.2, 0.25) is 0 Å². The molecule has 19 heavy (non-hydrogen) atoms. The Kier molecular flexibility index (Phi) is 5.98. The summed E-state index contributed by atoms with van der Waals surface area (Å²) < 4.78 is 11.7. The number of nitrogens with one attached hydrogen (secondary N) is 1. The zero-order valence-electron chi connectivity index (χ0n) is 12.1. The Balaban J connectivity index is 2.59. The lowest BCUT2D eigenvalue weighted by atomic mass is 9.93. The van der Waals surface area contributed by atoms with Crippen molar-refractivity contribution in [3.63, 3.8) is 0 Å². The highest BCUT2D eigenvalue weighted by atomic mass is 16.5. The van der Waals surface area contributed by atoms with Crippen LogP contribution in [0.25, 0.3) is 0 Å².